The van der Waals surface area contributed by atoms with E-state index in [-0.39, 0.29) is 5.75 Å². The van der Waals surface area contributed by atoms with Crippen molar-refractivity contribution in [2.75, 3.05) is 0 Å². The third-order valence-corrected chi connectivity index (χ3v) is 3.86. The van der Waals surface area contributed by atoms with Crippen LogP contribution in [0.3, 0.4) is 0 Å². The van der Waals surface area contributed by atoms with Gasteiger partial charge in [0, 0.05) is 5.92 Å². The summed E-state index contributed by atoms with van der Waals surface area (Å²) in [6, 6.07) is 0. The van der Waals surface area contributed by atoms with E-state index in [2.05, 4.69) is 9.36 Å². The molecule has 0 radical (unpaired) electrons. The van der Waals surface area contributed by atoms with Crippen LogP contribution < -0.4 is 0 Å². The fourth-order valence-electron chi connectivity index (χ4n) is 1.78. The molecule has 0 amide bonds. The molecule has 1 aliphatic rings. The Morgan fingerprint density at radius 3 is 2.86 bits per heavy atom. The lowest BCUT2D eigenvalue weighted by molar-refractivity contribution is 0.562. The molecule has 1 N–H and O–H groups in total. The third-order valence-electron chi connectivity index (χ3n) is 2.44. The first-order valence-electron chi connectivity index (χ1n) is 4.65. The van der Waals surface area contributed by atoms with Crippen LogP contribution in [0.5, 0.6) is 0 Å². The highest BCUT2D eigenvalue weighted by molar-refractivity contribution is 7.78. The normalized spacial score (nSPS) is 20.1. The van der Waals surface area contributed by atoms with Gasteiger partial charge in [0.1, 0.15) is 10.8 Å². The maximum absolute atomic E-state index is 10.5. The maximum atomic E-state index is 10.5. The molecule has 0 spiro atoms. The monoisotopic (exact) mass is 232 g/mol. The van der Waals surface area contributed by atoms with E-state index < -0.39 is 11.1 Å². The Labute approximate surface area is 89.2 Å². The zero-order valence-electron chi connectivity index (χ0n) is 7.68. The minimum atomic E-state index is -1.82. The lowest BCUT2D eigenvalue weighted by Gasteiger charge is -2.00. The maximum Gasteiger partial charge on any atom is 0.160 e. The van der Waals surface area contributed by atoms with Crippen molar-refractivity contribution in [3.05, 3.63) is 10.8 Å². The first-order valence-corrected chi connectivity index (χ1v) is 6.70. The first-order chi connectivity index (χ1) is 6.75. The van der Waals surface area contributed by atoms with Crippen LogP contribution in [-0.4, -0.2) is 18.1 Å². The Balaban J connectivity index is 2.05. The van der Waals surface area contributed by atoms with Gasteiger partial charge in [-0.05, 0) is 24.4 Å². The molecule has 1 heterocycles. The molecule has 78 valence electrons. The highest BCUT2D eigenvalue weighted by atomic mass is 32.2. The van der Waals surface area contributed by atoms with Crippen LogP contribution in [0.25, 0.3) is 0 Å². The minimum Gasteiger partial charge on any atom is -0.306 e. The van der Waals surface area contributed by atoms with E-state index in [0.29, 0.717) is 11.7 Å². The van der Waals surface area contributed by atoms with E-state index in [0.717, 1.165) is 5.01 Å². The molecule has 1 atom stereocenters. The van der Waals surface area contributed by atoms with E-state index in [1.54, 1.807) is 0 Å². The van der Waals surface area contributed by atoms with Crippen LogP contribution in [0.1, 0.15) is 42.4 Å². The van der Waals surface area contributed by atoms with Crippen LogP contribution in [0.2, 0.25) is 0 Å². The average molecular weight is 232 g/mol. The van der Waals surface area contributed by atoms with Gasteiger partial charge in [-0.2, -0.15) is 4.37 Å². The predicted molar refractivity (Wildman–Crippen MR) is 55.6 cm³/mol. The number of hydrogen-bond acceptors (Lipinski definition) is 4. The van der Waals surface area contributed by atoms with E-state index >= 15 is 0 Å². The van der Waals surface area contributed by atoms with Crippen LogP contribution in [0.4, 0.5) is 0 Å². The van der Waals surface area contributed by atoms with Crippen molar-refractivity contribution in [2.24, 2.45) is 0 Å². The highest BCUT2D eigenvalue weighted by Gasteiger charge is 2.21. The topological polar surface area (TPSA) is 63.1 Å². The smallest absolute Gasteiger partial charge is 0.160 e. The molecule has 1 aliphatic carbocycles. The van der Waals surface area contributed by atoms with Crippen LogP contribution >= 0.6 is 11.5 Å². The van der Waals surface area contributed by atoms with Gasteiger partial charge in [-0.1, -0.05) is 12.8 Å². The SMILES string of the molecule is O=S(O)Cc1nsc(C2CCCC2)n1. The summed E-state index contributed by atoms with van der Waals surface area (Å²) < 4.78 is 23.3. The Morgan fingerprint density at radius 2 is 2.21 bits per heavy atom. The molecule has 4 nitrogen and oxygen atoms in total. The molecule has 0 aromatic carbocycles. The quantitative estimate of drug-likeness (QED) is 0.809. The Bertz CT molecular complexity index is 334. The number of hydrogen-bond donors (Lipinski definition) is 1. The molecular weight excluding hydrogens is 220 g/mol. The summed E-state index contributed by atoms with van der Waals surface area (Å²) in [6.07, 6.45) is 4.92. The van der Waals surface area contributed by atoms with Gasteiger partial charge < -0.3 is 4.55 Å². The average Bonchev–Trinajstić information content (AvgIpc) is 2.69. The third kappa shape index (κ3) is 2.37. The van der Waals surface area contributed by atoms with E-state index in [4.69, 9.17) is 4.55 Å². The number of aromatic nitrogens is 2. The summed E-state index contributed by atoms with van der Waals surface area (Å²) >= 11 is -0.441. The highest BCUT2D eigenvalue weighted by Crippen LogP contribution is 2.34. The lowest BCUT2D eigenvalue weighted by Crippen LogP contribution is -1.96. The van der Waals surface area contributed by atoms with Gasteiger partial charge in [0.2, 0.25) is 0 Å². The molecule has 1 unspecified atom stereocenters. The zero-order valence-corrected chi connectivity index (χ0v) is 9.31. The van der Waals surface area contributed by atoms with Crippen molar-refractivity contribution in [1.82, 2.24) is 9.36 Å². The van der Waals surface area contributed by atoms with Gasteiger partial charge in [0.15, 0.2) is 16.9 Å². The Hall–Kier alpha value is -0.330. The molecule has 1 saturated carbocycles. The molecule has 0 aliphatic heterocycles. The largest absolute Gasteiger partial charge is 0.306 e. The van der Waals surface area contributed by atoms with E-state index in [9.17, 15) is 4.21 Å². The predicted octanol–water partition coefficient (Wildman–Crippen LogP) is 1.92. The molecule has 0 bridgehead atoms. The van der Waals surface area contributed by atoms with Crippen LogP contribution in [-0.2, 0) is 16.8 Å². The number of rotatable bonds is 3. The fraction of sp³-hybridized carbons (Fsp3) is 0.750. The summed E-state index contributed by atoms with van der Waals surface area (Å²) in [7, 11) is 0. The molecular formula is C8H12N2O2S2. The fourth-order valence-corrected chi connectivity index (χ4v) is 3.04. The second kappa shape index (κ2) is 4.46. The second-order valence-corrected chi connectivity index (χ2v) is 5.21. The molecule has 6 heteroatoms. The van der Waals surface area contributed by atoms with Crippen molar-refractivity contribution in [2.45, 2.75) is 37.4 Å². The lowest BCUT2D eigenvalue weighted by atomic mass is 10.1. The molecule has 1 aromatic heterocycles. The van der Waals surface area contributed by atoms with E-state index in [1.165, 1.54) is 37.2 Å². The van der Waals surface area contributed by atoms with Gasteiger partial charge in [-0.15, -0.1) is 0 Å². The number of nitrogens with zero attached hydrogens (tertiary/aromatic N) is 2. The van der Waals surface area contributed by atoms with Crippen molar-refractivity contribution in [3.63, 3.8) is 0 Å². The van der Waals surface area contributed by atoms with Crippen molar-refractivity contribution >= 4 is 22.6 Å². The summed E-state index contributed by atoms with van der Waals surface area (Å²) in [5.74, 6) is 1.12. The summed E-state index contributed by atoms with van der Waals surface area (Å²) in [5.41, 5.74) is 0. The summed E-state index contributed by atoms with van der Waals surface area (Å²) in [4.78, 5) is 4.29. The summed E-state index contributed by atoms with van der Waals surface area (Å²) in [6.45, 7) is 0. The summed E-state index contributed by atoms with van der Waals surface area (Å²) in [5, 5.41) is 1.04. The minimum absolute atomic E-state index is 0.0587. The van der Waals surface area contributed by atoms with Crippen LogP contribution in [0, 0.1) is 0 Å². The first kappa shape index (κ1) is 10.2. The van der Waals surface area contributed by atoms with Crippen molar-refractivity contribution in [3.8, 4) is 0 Å². The standard InChI is InChI=1S/C8H12N2O2S2/c11-14(12)5-7-9-8(13-10-7)6-3-1-2-4-6/h6H,1-5H2,(H,11,12). The van der Waals surface area contributed by atoms with Crippen molar-refractivity contribution < 1.29 is 8.76 Å². The molecule has 2 rings (SSSR count). The molecule has 1 aromatic rings. The second-order valence-electron chi connectivity index (χ2n) is 3.50. The van der Waals surface area contributed by atoms with Gasteiger partial charge in [0.25, 0.3) is 0 Å². The van der Waals surface area contributed by atoms with Gasteiger partial charge >= 0.3 is 0 Å². The Kier molecular flexibility index (Phi) is 3.25. The van der Waals surface area contributed by atoms with Gasteiger partial charge in [-0.3, -0.25) is 0 Å². The van der Waals surface area contributed by atoms with Gasteiger partial charge in [-0.25, -0.2) is 9.19 Å². The van der Waals surface area contributed by atoms with Crippen LogP contribution in [0.15, 0.2) is 0 Å². The van der Waals surface area contributed by atoms with Gasteiger partial charge in [0.05, 0.1) is 0 Å². The molecule has 0 saturated heterocycles. The Morgan fingerprint density at radius 1 is 1.50 bits per heavy atom. The van der Waals surface area contributed by atoms with Crippen molar-refractivity contribution in [1.29, 1.82) is 0 Å². The molecule has 1 fully saturated rings. The van der Waals surface area contributed by atoms with E-state index in [1.807, 2.05) is 0 Å². The molecule has 14 heavy (non-hydrogen) atoms. The zero-order chi connectivity index (χ0) is 9.97.